The van der Waals surface area contributed by atoms with Crippen molar-refractivity contribution in [3.8, 4) is 5.75 Å². The summed E-state index contributed by atoms with van der Waals surface area (Å²) in [6.07, 6.45) is 5.15. The van der Waals surface area contributed by atoms with Gasteiger partial charge in [-0.1, -0.05) is 13.0 Å². The second-order valence-electron chi connectivity index (χ2n) is 9.68. The summed E-state index contributed by atoms with van der Waals surface area (Å²) in [5, 5.41) is 40.9. The van der Waals surface area contributed by atoms with Crippen molar-refractivity contribution in [3.05, 3.63) is 29.3 Å². The SMILES string of the molecule is CC12CCC3c4ccc(OC(=O)NC(CO)(CO)CO)cc4CCC3C1CCC2O. The number of carbonyl (C=O) groups is 1. The van der Waals surface area contributed by atoms with E-state index in [0.29, 0.717) is 23.5 Å². The summed E-state index contributed by atoms with van der Waals surface area (Å²) in [4.78, 5) is 12.2. The third-order valence-electron chi connectivity index (χ3n) is 8.13. The van der Waals surface area contributed by atoms with Gasteiger partial charge in [-0.2, -0.15) is 0 Å². The van der Waals surface area contributed by atoms with Crippen LogP contribution in [-0.4, -0.2) is 58.0 Å². The van der Waals surface area contributed by atoms with Crippen LogP contribution >= 0.6 is 0 Å². The number of hydrogen-bond acceptors (Lipinski definition) is 6. The molecule has 7 heteroatoms. The highest BCUT2D eigenvalue weighted by molar-refractivity contribution is 5.71. The lowest BCUT2D eigenvalue weighted by Crippen LogP contribution is -2.57. The van der Waals surface area contributed by atoms with Crippen LogP contribution in [0.25, 0.3) is 0 Å². The number of rotatable bonds is 5. The first-order chi connectivity index (χ1) is 14.4. The third-order valence-corrected chi connectivity index (χ3v) is 8.13. The summed E-state index contributed by atoms with van der Waals surface area (Å²) in [5.41, 5.74) is 1.07. The van der Waals surface area contributed by atoms with Crippen molar-refractivity contribution in [2.45, 2.75) is 63.0 Å². The van der Waals surface area contributed by atoms with Crippen LogP contribution in [0.15, 0.2) is 18.2 Å². The van der Waals surface area contributed by atoms with Crippen LogP contribution in [-0.2, 0) is 6.42 Å². The minimum atomic E-state index is -1.51. The Labute approximate surface area is 177 Å². The van der Waals surface area contributed by atoms with E-state index < -0.39 is 31.5 Å². The molecule has 30 heavy (non-hydrogen) atoms. The summed E-state index contributed by atoms with van der Waals surface area (Å²) in [5.74, 6) is 2.07. The van der Waals surface area contributed by atoms with E-state index in [2.05, 4.69) is 18.3 Å². The Morgan fingerprint density at radius 1 is 1.17 bits per heavy atom. The second kappa shape index (κ2) is 8.11. The number of ether oxygens (including phenoxy) is 1. The molecule has 1 aromatic carbocycles. The minimum Gasteiger partial charge on any atom is -0.410 e. The van der Waals surface area contributed by atoms with E-state index in [1.54, 1.807) is 6.07 Å². The number of hydrogen-bond donors (Lipinski definition) is 5. The maximum absolute atomic E-state index is 12.2. The lowest BCUT2D eigenvalue weighted by Gasteiger charge is -2.50. The molecule has 2 saturated carbocycles. The molecule has 0 radical (unpaired) electrons. The highest BCUT2D eigenvalue weighted by Gasteiger charge is 2.54. The van der Waals surface area contributed by atoms with Crippen LogP contribution < -0.4 is 10.1 Å². The smallest absolute Gasteiger partial charge is 0.410 e. The first-order valence-electron chi connectivity index (χ1n) is 11.0. The first-order valence-corrected chi connectivity index (χ1v) is 11.0. The van der Waals surface area contributed by atoms with Crippen molar-refractivity contribution in [1.29, 1.82) is 0 Å². The van der Waals surface area contributed by atoms with Crippen molar-refractivity contribution in [2.75, 3.05) is 19.8 Å². The Morgan fingerprint density at radius 2 is 1.90 bits per heavy atom. The lowest BCUT2D eigenvalue weighted by molar-refractivity contribution is -0.0226. The molecule has 1 aromatic rings. The van der Waals surface area contributed by atoms with E-state index in [1.807, 2.05) is 6.07 Å². The molecule has 1 amide bonds. The van der Waals surface area contributed by atoms with Gasteiger partial charge in [0.05, 0.1) is 25.9 Å². The van der Waals surface area contributed by atoms with Gasteiger partial charge in [-0.15, -0.1) is 0 Å². The van der Waals surface area contributed by atoms with Crippen LogP contribution in [0.1, 0.15) is 56.1 Å². The van der Waals surface area contributed by atoms with Gasteiger partial charge in [-0.25, -0.2) is 4.79 Å². The fourth-order valence-corrected chi connectivity index (χ4v) is 6.21. The Bertz CT molecular complexity index is 786. The van der Waals surface area contributed by atoms with Crippen molar-refractivity contribution in [3.63, 3.8) is 0 Å². The maximum Gasteiger partial charge on any atom is 0.413 e. The normalized spacial score (nSPS) is 32.7. The fourth-order valence-electron chi connectivity index (χ4n) is 6.21. The molecule has 0 aliphatic heterocycles. The van der Waals surface area contributed by atoms with Crippen molar-refractivity contribution < 1.29 is 30.0 Å². The number of aliphatic hydroxyl groups is 4. The molecule has 166 valence electrons. The van der Waals surface area contributed by atoms with Crippen LogP contribution in [0.5, 0.6) is 5.75 Å². The summed E-state index contributed by atoms with van der Waals surface area (Å²) < 4.78 is 5.36. The number of fused-ring (bicyclic) bond motifs is 5. The predicted molar refractivity (Wildman–Crippen MR) is 110 cm³/mol. The zero-order valence-corrected chi connectivity index (χ0v) is 17.5. The third kappa shape index (κ3) is 3.51. The highest BCUT2D eigenvalue weighted by atomic mass is 16.6. The molecule has 0 spiro atoms. The van der Waals surface area contributed by atoms with Crippen LogP contribution in [0.4, 0.5) is 4.79 Å². The number of benzene rings is 1. The zero-order chi connectivity index (χ0) is 21.5. The molecular weight excluding hydrogens is 386 g/mol. The molecule has 5 unspecified atom stereocenters. The van der Waals surface area contributed by atoms with Crippen LogP contribution in [0.2, 0.25) is 0 Å². The number of aliphatic hydroxyl groups excluding tert-OH is 4. The summed E-state index contributed by atoms with van der Waals surface area (Å²) in [7, 11) is 0. The molecule has 5 atom stereocenters. The average Bonchev–Trinajstić information content (AvgIpc) is 3.06. The zero-order valence-electron chi connectivity index (χ0n) is 17.5. The number of nitrogens with one attached hydrogen (secondary N) is 1. The largest absolute Gasteiger partial charge is 0.413 e. The van der Waals surface area contributed by atoms with E-state index >= 15 is 0 Å². The Morgan fingerprint density at radius 3 is 2.60 bits per heavy atom. The van der Waals surface area contributed by atoms with Gasteiger partial charge in [0.1, 0.15) is 11.3 Å². The van der Waals surface area contributed by atoms with Gasteiger partial charge in [0, 0.05) is 0 Å². The van der Waals surface area contributed by atoms with E-state index in [-0.39, 0.29) is 11.5 Å². The second-order valence-corrected chi connectivity index (χ2v) is 9.68. The molecule has 0 saturated heterocycles. The van der Waals surface area contributed by atoms with Crippen molar-refractivity contribution >= 4 is 6.09 Å². The van der Waals surface area contributed by atoms with Gasteiger partial charge in [0.15, 0.2) is 0 Å². The molecule has 4 rings (SSSR count). The monoisotopic (exact) mass is 419 g/mol. The Balaban J connectivity index is 1.48. The van der Waals surface area contributed by atoms with Crippen molar-refractivity contribution in [1.82, 2.24) is 5.32 Å². The molecule has 2 fully saturated rings. The first kappa shape index (κ1) is 21.6. The molecule has 5 N–H and O–H groups in total. The van der Waals surface area contributed by atoms with E-state index in [0.717, 1.165) is 38.5 Å². The molecule has 0 aromatic heterocycles. The maximum atomic E-state index is 12.2. The van der Waals surface area contributed by atoms with Gasteiger partial charge in [0.2, 0.25) is 0 Å². The Hall–Kier alpha value is -1.67. The van der Waals surface area contributed by atoms with Gasteiger partial charge < -0.3 is 30.5 Å². The number of amides is 1. The van der Waals surface area contributed by atoms with Crippen LogP contribution in [0.3, 0.4) is 0 Å². The molecule has 0 heterocycles. The lowest BCUT2D eigenvalue weighted by atomic mass is 9.55. The summed E-state index contributed by atoms with van der Waals surface area (Å²) in [6, 6.07) is 5.75. The molecule has 3 aliphatic carbocycles. The number of carbonyl (C=O) groups excluding carboxylic acids is 1. The molecule has 3 aliphatic rings. The predicted octanol–water partition coefficient (Wildman–Crippen LogP) is 1.71. The van der Waals surface area contributed by atoms with Crippen LogP contribution in [0, 0.1) is 17.3 Å². The standard InChI is InChI=1S/C23H33NO6/c1-22-9-8-17-16-5-3-15(30-21(29)24-23(11-25,12-26)13-27)10-14(16)2-4-18(17)19(22)6-7-20(22)28/h3,5,10,17-20,25-28H,2,4,6-9,11-13H2,1H3,(H,24,29). The quantitative estimate of drug-likeness (QED) is 0.496. The number of aryl methyl sites for hydroxylation is 1. The van der Waals surface area contributed by atoms with E-state index in [9.17, 15) is 25.2 Å². The van der Waals surface area contributed by atoms with E-state index in [1.165, 1.54) is 11.1 Å². The van der Waals surface area contributed by atoms with Gasteiger partial charge in [0.25, 0.3) is 0 Å². The molecule has 7 nitrogen and oxygen atoms in total. The topological polar surface area (TPSA) is 119 Å². The van der Waals surface area contributed by atoms with Gasteiger partial charge in [-0.3, -0.25) is 0 Å². The van der Waals surface area contributed by atoms with Gasteiger partial charge >= 0.3 is 6.09 Å². The minimum absolute atomic E-state index is 0.0540. The molecular formula is C23H33NO6. The van der Waals surface area contributed by atoms with Crippen molar-refractivity contribution in [2.24, 2.45) is 17.3 Å². The van der Waals surface area contributed by atoms with Gasteiger partial charge in [-0.05, 0) is 85.0 Å². The van der Waals surface area contributed by atoms with E-state index in [4.69, 9.17) is 4.74 Å². The average molecular weight is 420 g/mol. The fraction of sp³-hybridized carbons (Fsp3) is 0.696. The summed E-state index contributed by atoms with van der Waals surface area (Å²) in [6.45, 7) is 0.465. The summed E-state index contributed by atoms with van der Waals surface area (Å²) >= 11 is 0. The molecule has 0 bridgehead atoms. The Kier molecular flexibility index (Phi) is 5.83. The highest BCUT2D eigenvalue weighted by Crippen LogP contribution is 2.60.